The number of carbonyl (C=O) groups is 1. The molecule has 0 radical (unpaired) electrons. The van der Waals surface area contributed by atoms with Gasteiger partial charge in [0.25, 0.3) is 0 Å². The molecule has 1 heterocycles. The zero-order valence-corrected chi connectivity index (χ0v) is 11.6. The van der Waals surface area contributed by atoms with Crippen LogP contribution in [-0.4, -0.2) is 15.8 Å². The van der Waals surface area contributed by atoms with E-state index < -0.39 is 0 Å². The second-order valence-corrected chi connectivity index (χ2v) is 5.20. The van der Waals surface area contributed by atoms with Crippen molar-refractivity contribution in [3.63, 3.8) is 0 Å². The van der Waals surface area contributed by atoms with E-state index in [9.17, 15) is 4.79 Å². The number of H-pyrrole nitrogens is 1. The fourth-order valence-corrected chi connectivity index (χ4v) is 2.20. The number of rotatable bonds is 3. The molecule has 3 heteroatoms. The van der Waals surface area contributed by atoms with Gasteiger partial charge < -0.3 is 4.98 Å². The topological polar surface area (TPSA) is 45.8 Å². The van der Waals surface area contributed by atoms with Crippen LogP contribution in [0, 0.1) is 0 Å². The monoisotopic (exact) mass is 264 g/mol. The van der Waals surface area contributed by atoms with Crippen molar-refractivity contribution in [1.29, 1.82) is 0 Å². The summed E-state index contributed by atoms with van der Waals surface area (Å²) >= 11 is 0. The number of benzene rings is 2. The third-order valence-corrected chi connectivity index (χ3v) is 3.35. The molecule has 2 aromatic carbocycles. The van der Waals surface area contributed by atoms with E-state index >= 15 is 0 Å². The average Bonchev–Trinajstić information content (AvgIpc) is 2.90. The van der Waals surface area contributed by atoms with Gasteiger partial charge in [-0.3, -0.25) is 4.79 Å². The van der Waals surface area contributed by atoms with Crippen molar-refractivity contribution in [2.45, 2.75) is 19.8 Å². The van der Waals surface area contributed by atoms with Gasteiger partial charge in [0.1, 0.15) is 5.82 Å². The summed E-state index contributed by atoms with van der Waals surface area (Å²) in [4.78, 5) is 20.2. The molecule has 100 valence electrons. The molecule has 0 aliphatic heterocycles. The lowest BCUT2D eigenvalue weighted by Crippen LogP contribution is -2.00. The fraction of sp³-hybridized carbons (Fsp3) is 0.176. The highest BCUT2D eigenvalue weighted by Gasteiger charge is 2.11. The maximum absolute atomic E-state index is 12.4. The van der Waals surface area contributed by atoms with Crippen molar-refractivity contribution in [2.75, 3.05) is 0 Å². The molecule has 1 N–H and O–H groups in total. The van der Waals surface area contributed by atoms with Crippen LogP contribution in [-0.2, 0) is 0 Å². The van der Waals surface area contributed by atoms with Crippen LogP contribution < -0.4 is 0 Å². The van der Waals surface area contributed by atoms with Crippen LogP contribution in [0.15, 0.2) is 48.5 Å². The number of hydrogen-bond acceptors (Lipinski definition) is 2. The van der Waals surface area contributed by atoms with Gasteiger partial charge in [-0.2, -0.15) is 0 Å². The molecule has 3 nitrogen and oxygen atoms in total. The molecule has 0 aliphatic carbocycles. The van der Waals surface area contributed by atoms with E-state index in [2.05, 4.69) is 23.8 Å². The first-order valence-corrected chi connectivity index (χ1v) is 6.74. The maximum atomic E-state index is 12.4. The van der Waals surface area contributed by atoms with Gasteiger partial charge in [-0.1, -0.05) is 44.2 Å². The molecule has 3 aromatic rings. The van der Waals surface area contributed by atoms with Crippen LogP contribution in [0.25, 0.3) is 11.0 Å². The van der Waals surface area contributed by atoms with Crippen molar-refractivity contribution in [3.05, 3.63) is 65.5 Å². The molecule has 0 bridgehead atoms. The summed E-state index contributed by atoms with van der Waals surface area (Å²) in [7, 11) is 0. The van der Waals surface area contributed by atoms with Crippen molar-refractivity contribution < 1.29 is 4.79 Å². The Morgan fingerprint density at radius 1 is 1.05 bits per heavy atom. The number of fused-ring (bicyclic) bond motifs is 1. The summed E-state index contributed by atoms with van der Waals surface area (Å²) in [6.45, 7) is 4.18. The molecule has 3 rings (SSSR count). The van der Waals surface area contributed by atoms with Crippen molar-refractivity contribution >= 4 is 16.8 Å². The first-order valence-electron chi connectivity index (χ1n) is 6.74. The molecule has 1 aromatic heterocycles. The van der Waals surface area contributed by atoms with Crippen LogP contribution in [0.4, 0.5) is 0 Å². The molecule has 20 heavy (non-hydrogen) atoms. The maximum Gasteiger partial charge on any atom is 0.193 e. The van der Waals surface area contributed by atoms with E-state index in [0.717, 1.165) is 16.9 Å². The summed E-state index contributed by atoms with van der Waals surface area (Å²) in [5.41, 5.74) is 3.20. The molecule has 0 aliphatic rings. The first kappa shape index (κ1) is 12.6. The Kier molecular flexibility index (Phi) is 3.11. The number of aromatic nitrogens is 2. The molecule has 0 atom stereocenters. The highest BCUT2D eigenvalue weighted by Crippen LogP contribution is 2.19. The summed E-state index contributed by atoms with van der Waals surface area (Å²) in [5.74, 6) is 1.33. The Hall–Kier alpha value is -2.42. The Morgan fingerprint density at radius 2 is 1.80 bits per heavy atom. The lowest BCUT2D eigenvalue weighted by atomic mass is 10.0. The Morgan fingerprint density at radius 3 is 2.50 bits per heavy atom. The largest absolute Gasteiger partial charge is 0.342 e. The van der Waals surface area contributed by atoms with Crippen LogP contribution in [0.3, 0.4) is 0 Å². The third kappa shape index (κ3) is 2.23. The smallest absolute Gasteiger partial charge is 0.193 e. The van der Waals surface area contributed by atoms with Crippen LogP contribution in [0.1, 0.15) is 41.5 Å². The summed E-state index contributed by atoms with van der Waals surface area (Å²) in [6.07, 6.45) is 0. The molecule has 0 saturated heterocycles. The average molecular weight is 264 g/mol. The van der Waals surface area contributed by atoms with Gasteiger partial charge in [-0.15, -0.1) is 0 Å². The minimum absolute atomic E-state index is 0.0354. The zero-order valence-electron chi connectivity index (χ0n) is 11.6. The highest BCUT2D eigenvalue weighted by atomic mass is 16.1. The first-order chi connectivity index (χ1) is 9.65. The second-order valence-electron chi connectivity index (χ2n) is 5.20. The van der Waals surface area contributed by atoms with E-state index in [4.69, 9.17) is 0 Å². The van der Waals surface area contributed by atoms with Crippen LogP contribution >= 0.6 is 0 Å². The van der Waals surface area contributed by atoms with Crippen molar-refractivity contribution in [3.8, 4) is 0 Å². The Labute approximate surface area is 117 Å². The van der Waals surface area contributed by atoms with Gasteiger partial charge in [-0.05, 0) is 18.2 Å². The molecule has 0 spiro atoms. The van der Waals surface area contributed by atoms with Gasteiger partial charge in [0.2, 0.25) is 0 Å². The predicted molar refractivity (Wildman–Crippen MR) is 80.1 cm³/mol. The molecule has 0 saturated carbocycles. The predicted octanol–water partition coefficient (Wildman–Crippen LogP) is 3.92. The Bertz CT molecular complexity index is 757. The molecular formula is C17H16N2O. The standard InChI is InChI=1S/C17H16N2O/c1-11(2)17-18-14-9-8-13(10-15(14)19-17)16(20)12-6-4-3-5-7-12/h3-11H,1-2H3,(H,18,19). The SMILES string of the molecule is CC(C)c1nc2ccc(C(=O)c3ccccc3)cc2[nH]1. The number of nitrogens with zero attached hydrogens (tertiary/aromatic N) is 1. The van der Waals surface area contributed by atoms with Gasteiger partial charge in [0.15, 0.2) is 5.78 Å². The van der Waals surface area contributed by atoms with E-state index in [-0.39, 0.29) is 5.78 Å². The highest BCUT2D eigenvalue weighted by molar-refractivity contribution is 6.10. The molecular weight excluding hydrogens is 248 g/mol. The molecule has 0 fully saturated rings. The van der Waals surface area contributed by atoms with Crippen LogP contribution in [0.5, 0.6) is 0 Å². The lowest BCUT2D eigenvalue weighted by molar-refractivity contribution is 0.103. The second kappa shape index (κ2) is 4.93. The number of nitrogens with one attached hydrogen (secondary N) is 1. The minimum Gasteiger partial charge on any atom is -0.342 e. The number of carbonyl (C=O) groups excluding carboxylic acids is 1. The number of ketones is 1. The van der Waals surface area contributed by atoms with Crippen molar-refractivity contribution in [2.24, 2.45) is 0 Å². The van der Waals surface area contributed by atoms with Gasteiger partial charge in [0, 0.05) is 17.0 Å². The minimum atomic E-state index is 0.0354. The number of hydrogen-bond donors (Lipinski definition) is 1. The van der Waals surface area contributed by atoms with Gasteiger partial charge >= 0.3 is 0 Å². The molecule has 0 amide bonds. The summed E-state index contributed by atoms with van der Waals surface area (Å²) in [6, 6.07) is 14.9. The van der Waals surface area contributed by atoms with E-state index in [1.54, 1.807) is 0 Å². The summed E-state index contributed by atoms with van der Waals surface area (Å²) in [5, 5.41) is 0. The van der Waals surface area contributed by atoms with E-state index in [1.165, 1.54) is 0 Å². The summed E-state index contributed by atoms with van der Waals surface area (Å²) < 4.78 is 0. The van der Waals surface area contributed by atoms with Crippen molar-refractivity contribution in [1.82, 2.24) is 9.97 Å². The van der Waals surface area contributed by atoms with E-state index in [0.29, 0.717) is 17.0 Å². The lowest BCUT2D eigenvalue weighted by Gasteiger charge is -2.00. The normalized spacial score (nSPS) is 11.2. The number of imidazole rings is 1. The van der Waals surface area contributed by atoms with Crippen LogP contribution in [0.2, 0.25) is 0 Å². The number of aromatic amines is 1. The third-order valence-electron chi connectivity index (χ3n) is 3.35. The van der Waals surface area contributed by atoms with E-state index in [1.807, 2.05) is 48.5 Å². The quantitative estimate of drug-likeness (QED) is 0.729. The van der Waals surface area contributed by atoms with Gasteiger partial charge in [0.05, 0.1) is 11.0 Å². The van der Waals surface area contributed by atoms with Gasteiger partial charge in [-0.25, -0.2) is 4.98 Å². The Balaban J connectivity index is 2.02. The zero-order chi connectivity index (χ0) is 14.1. The fourth-order valence-electron chi connectivity index (χ4n) is 2.20. The molecule has 0 unspecified atom stereocenters.